The van der Waals surface area contributed by atoms with Gasteiger partial charge in [0.25, 0.3) is 5.91 Å². The van der Waals surface area contributed by atoms with E-state index in [0.29, 0.717) is 21.3 Å². The number of benzene rings is 2. The molecule has 2 aromatic carbocycles. The zero-order chi connectivity index (χ0) is 28.4. The molecular weight excluding hydrogens is 545 g/mol. The molecule has 12 heteroatoms. The Bertz CT molecular complexity index is 1500. The van der Waals surface area contributed by atoms with Crippen molar-refractivity contribution in [3.8, 4) is 16.5 Å². The molecule has 0 radical (unpaired) electrons. The van der Waals surface area contributed by atoms with Crippen molar-refractivity contribution in [2.24, 2.45) is 0 Å². The number of amides is 1. The van der Waals surface area contributed by atoms with Gasteiger partial charge in [-0.25, -0.2) is 10.0 Å². The van der Waals surface area contributed by atoms with Crippen LogP contribution in [0.3, 0.4) is 0 Å². The lowest BCUT2D eigenvalue weighted by Gasteiger charge is -2.23. The van der Waals surface area contributed by atoms with E-state index >= 15 is 0 Å². The Kier molecular flexibility index (Phi) is 8.02. The molecule has 3 heterocycles. The predicted octanol–water partition coefficient (Wildman–Crippen LogP) is 6.23. The van der Waals surface area contributed by atoms with Crippen LogP contribution in [-0.2, 0) is 6.18 Å². The van der Waals surface area contributed by atoms with Gasteiger partial charge in [-0.2, -0.15) is 13.2 Å². The molecule has 0 spiro atoms. The first-order chi connectivity index (χ1) is 19.2. The Hall–Kier alpha value is -3.61. The number of fused-ring (bicyclic) bond motifs is 1. The number of imidazole rings is 1. The Morgan fingerprint density at radius 2 is 1.98 bits per heavy atom. The first-order valence-electron chi connectivity index (χ1n) is 13.0. The first kappa shape index (κ1) is 27.9. The van der Waals surface area contributed by atoms with E-state index < -0.39 is 23.8 Å². The quantitative estimate of drug-likeness (QED) is 0.192. The third-order valence-electron chi connectivity index (χ3n) is 6.77. The summed E-state index contributed by atoms with van der Waals surface area (Å²) < 4.78 is 54.9. The van der Waals surface area contributed by atoms with Crippen LogP contribution in [0.25, 0.3) is 16.0 Å². The number of piperidine rings is 1. The van der Waals surface area contributed by atoms with Gasteiger partial charge in [-0.05, 0) is 58.0 Å². The van der Waals surface area contributed by atoms with Gasteiger partial charge in [-0.1, -0.05) is 18.2 Å². The molecule has 1 amide bonds. The van der Waals surface area contributed by atoms with E-state index in [0.717, 1.165) is 48.9 Å². The summed E-state index contributed by atoms with van der Waals surface area (Å²) in [6.45, 7) is 4.89. The van der Waals surface area contributed by atoms with Crippen molar-refractivity contribution in [1.29, 1.82) is 0 Å². The highest BCUT2D eigenvalue weighted by Gasteiger charge is 2.35. The number of nitrogens with one attached hydrogen (secondary N) is 1. The van der Waals surface area contributed by atoms with Crippen LogP contribution in [-0.4, -0.2) is 51.5 Å². The number of hydroxylamine groups is 2. The van der Waals surface area contributed by atoms with Crippen molar-refractivity contribution in [2.75, 3.05) is 19.6 Å². The Morgan fingerprint density at radius 3 is 2.70 bits per heavy atom. The Labute approximate surface area is 232 Å². The van der Waals surface area contributed by atoms with Crippen LogP contribution in [0.4, 0.5) is 13.2 Å². The maximum absolute atomic E-state index is 13.7. The van der Waals surface area contributed by atoms with Gasteiger partial charge in [0.15, 0.2) is 0 Å². The molecule has 0 saturated carbocycles. The van der Waals surface area contributed by atoms with Gasteiger partial charge in [0.2, 0.25) is 0 Å². The van der Waals surface area contributed by atoms with E-state index in [9.17, 15) is 23.2 Å². The van der Waals surface area contributed by atoms with Gasteiger partial charge < -0.3 is 14.8 Å². The van der Waals surface area contributed by atoms with E-state index in [4.69, 9.17) is 9.47 Å². The summed E-state index contributed by atoms with van der Waals surface area (Å²) in [4.78, 5) is 17.6. The number of carbonyl (C=O) groups is 1. The lowest BCUT2D eigenvalue weighted by atomic mass is 10.0. The van der Waals surface area contributed by atoms with Crippen molar-refractivity contribution in [1.82, 2.24) is 19.9 Å². The molecule has 212 valence electrons. The van der Waals surface area contributed by atoms with Crippen molar-refractivity contribution in [2.45, 2.75) is 45.1 Å². The predicted molar refractivity (Wildman–Crippen MR) is 144 cm³/mol. The molecule has 2 N–H and O–H groups in total. The van der Waals surface area contributed by atoms with E-state index in [1.807, 2.05) is 18.2 Å². The lowest BCUT2D eigenvalue weighted by Crippen LogP contribution is -2.34. The minimum atomic E-state index is -4.57. The van der Waals surface area contributed by atoms with Crippen LogP contribution in [0, 0.1) is 0 Å². The molecule has 1 aliphatic heterocycles. The third kappa shape index (κ3) is 5.79. The summed E-state index contributed by atoms with van der Waals surface area (Å²) in [5, 5.41) is 14.5. The van der Waals surface area contributed by atoms with Crippen LogP contribution >= 0.6 is 11.3 Å². The topological polar surface area (TPSA) is 88.9 Å². The molecule has 8 nitrogen and oxygen atoms in total. The van der Waals surface area contributed by atoms with Gasteiger partial charge in [-0.15, -0.1) is 11.3 Å². The van der Waals surface area contributed by atoms with Gasteiger partial charge in [0, 0.05) is 24.2 Å². The van der Waals surface area contributed by atoms with Crippen molar-refractivity contribution in [3.05, 3.63) is 70.9 Å². The SMILES string of the molecule is CCN(O)C(=O)c1sc(-n2cnc3ccc(OC4CCNCC4)cc32)cc1O[C@H](C)c1ccccc1C(F)(F)F. The molecule has 0 bridgehead atoms. The van der Waals surface area contributed by atoms with E-state index in [2.05, 4.69) is 10.3 Å². The van der Waals surface area contributed by atoms with Crippen LogP contribution in [0.2, 0.25) is 0 Å². The average molecular weight is 575 g/mol. The third-order valence-corrected chi connectivity index (χ3v) is 7.87. The first-order valence-corrected chi connectivity index (χ1v) is 13.8. The van der Waals surface area contributed by atoms with Crippen LogP contribution in [0.15, 0.2) is 54.9 Å². The second kappa shape index (κ2) is 11.5. The number of ether oxygens (including phenoxy) is 2. The minimum absolute atomic E-state index is 0.0172. The highest BCUT2D eigenvalue weighted by Crippen LogP contribution is 2.40. The summed E-state index contributed by atoms with van der Waals surface area (Å²) >= 11 is 1.05. The normalized spacial score (nSPS) is 15.2. The number of thiophene rings is 1. The average Bonchev–Trinajstić information content (AvgIpc) is 3.56. The number of carbonyl (C=O) groups excluding carboxylic acids is 1. The number of nitrogens with zero attached hydrogens (tertiary/aromatic N) is 3. The highest BCUT2D eigenvalue weighted by atomic mass is 32.1. The summed E-state index contributed by atoms with van der Waals surface area (Å²) in [5.41, 5.74) is 0.548. The lowest BCUT2D eigenvalue weighted by molar-refractivity contribution is -0.139. The molecule has 1 fully saturated rings. The zero-order valence-corrected chi connectivity index (χ0v) is 22.8. The van der Waals surface area contributed by atoms with E-state index in [1.165, 1.54) is 25.1 Å². The molecule has 0 aliphatic carbocycles. The molecule has 4 aromatic rings. The smallest absolute Gasteiger partial charge is 0.416 e. The summed E-state index contributed by atoms with van der Waals surface area (Å²) in [7, 11) is 0. The monoisotopic (exact) mass is 574 g/mol. The maximum atomic E-state index is 13.7. The number of hydrogen-bond acceptors (Lipinski definition) is 7. The molecule has 40 heavy (non-hydrogen) atoms. The zero-order valence-electron chi connectivity index (χ0n) is 21.9. The van der Waals surface area contributed by atoms with E-state index in [-0.39, 0.29) is 28.8 Å². The Balaban J connectivity index is 1.51. The number of hydrogen-bond donors (Lipinski definition) is 2. The summed E-state index contributed by atoms with van der Waals surface area (Å²) in [6, 6.07) is 12.3. The van der Waals surface area contributed by atoms with Crippen molar-refractivity contribution >= 4 is 28.3 Å². The number of alkyl halides is 3. The summed E-state index contributed by atoms with van der Waals surface area (Å²) in [6.07, 6.45) is -2.10. The molecule has 5 rings (SSSR count). The molecule has 1 atom stereocenters. The molecule has 2 aromatic heterocycles. The second-order valence-corrected chi connectivity index (χ2v) is 10.5. The van der Waals surface area contributed by atoms with Crippen molar-refractivity contribution in [3.63, 3.8) is 0 Å². The van der Waals surface area contributed by atoms with Crippen molar-refractivity contribution < 1.29 is 32.6 Å². The fourth-order valence-electron chi connectivity index (χ4n) is 4.68. The molecule has 1 aliphatic rings. The maximum Gasteiger partial charge on any atom is 0.416 e. The van der Waals surface area contributed by atoms with E-state index in [1.54, 1.807) is 23.9 Å². The number of rotatable bonds is 8. The number of aromatic nitrogens is 2. The van der Waals surface area contributed by atoms with Crippen LogP contribution in [0.1, 0.15) is 53.6 Å². The Morgan fingerprint density at radius 1 is 1.23 bits per heavy atom. The number of halogens is 3. The molecule has 1 saturated heterocycles. The van der Waals surface area contributed by atoms with Gasteiger partial charge in [0.1, 0.15) is 39.9 Å². The fraction of sp³-hybridized carbons (Fsp3) is 0.357. The largest absolute Gasteiger partial charge is 0.490 e. The molecule has 0 unspecified atom stereocenters. The summed E-state index contributed by atoms with van der Waals surface area (Å²) in [5.74, 6) is 0.0331. The van der Waals surface area contributed by atoms with Gasteiger partial charge in [-0.3, -0.25) is 14.6 Å². The highest BCUT2D eigenvalue weighted by molar-refractivity contribution is 7.16. The standard InChI is InChI=1S/C28H29F3N4O4S/c1-3-35(37)27(36)26-24(38-17(2)20-6-4-5-7-21(20)28(29,30)31)15-25(40-26)34-16-33-22-9-8-19(14-23(22)34)39-18-10-12-32-13-11-18/h4-9,14-18,32,37H,3,10-13H2,1-2H3/t17-/m1/s1. The molecular formula is C28H29F3N4O4S. The van der Waals surface area contributed by atoms with Gasteiger partial charge >= 0.3 is 6.18 Å². The second-order valence-electron chi connectivity index (χ2n) is 9.48. The van der Waals surface area contributed by atoms with Crippen LogP contribution in [0.5, 0.6) is 11.5 Å². The van der Waals surface area contributed by atoms with Gasteiger partial charge in [0.05, 0.1) is 16.6 Å². The minimum Gasteiger partial charge on any atom is -0.490 e. The van der Waals surface area contributed by atoms with Crippen LogP contribution < -0.4 is 14.8 Å². The fourth-order valence-corrected chi connectivity index (χ4v) is 5.70.